The van der Waals surface area contributed by atoms with E-state index in [9.17, 15) is 0 Å². The van der Waals surface area contributed by atoms with Gasteiger partial charge >= 0.3 is 0 Å². The van der Waals surface area contributed by atoms with Gasteiger partial charge in [0.05, 0.1) is 17.6 Å². The number of allylic oxidation sites excluding steroid dienone is 1. The predicted molar refractivity (Wildman–Crippen MR) is 147 cm³/mol. The lowest BCUT2D eigenvalue weighted by atomic mass is 10.1. The molecule has 0 saturated heterocycles. The molecule has 184 valence electrons. The molecule has 5 aromatic rings. The summed E-state index contributed by atoms with van der Waals surface area (Å²) < 4.78 is 7.93. The van der Waals surface area contributed by atoms with E-state index in [1.807, 2.05) is 77.5 Å². The van der Waals surface area contributed by atoms with Gasteiger partial charge in [-0.05, 0) is 22.8 Å². The van der Waals surface area contributed by atoms with Crippen molar-refractivity contribution in [3.05, 3.63) is 114 Å². The van der Waals surface area contributed by atoms with Crippen LogP contribution in [0.2, 0.25) is 0 Å². The summed E-state index contributed by atoms with van der Waals surface area (Å²) in [6, 6.07) is 24.0. The van der Waals surface area contributed by atoms with Gasteiger partial charge in [0.2, 0.25) is 0 Å². The summed E-state index contributed by atoms with van der Waals surface area (Å²) in [5.41, 5.74) is 12.3. The van der Waals surface area contributed by atoms with Crippen LogP contribution in [0.3, 0.4) is 0 Å². The number of ether oxygens (including phenoxy) is 1. The van der Waals surface area contributed by atoms with E-state index >= 15 is 0 Å². The Bertz CT molecular complexity index is 1540. The molecule has 3 aromatic heterocycles. The minimum absolute atomic E-state index is 0.506. The second-order valence-corrected chi connectivity index (χ2v) is 8.36. The number of nitrogens with zero attached hydrogens (tertiary/aromatic N) is 5. The van der Waals surface area contributed by atoms with Gasteiger partial charge in [0.15, 0.2) is 0 Å². The fourth-order valence-electron chi connectivity index (χ4n) is 3.94. The molecule has 2 aromatic carbocycles. The third kappa shape index (κ3) is 5.65. The van der Waals surface area contributed by atoms with Gasteiger partial charge in [-0.15, -0.1) is 0 Å². The molecule has 37 heavy (non-hydrogen) atoms. The van der Waals surface area contributed by atoms with Crippen LogP contribution >= 0.6 is 0 Å². The average Bonchev–Trinajstić information content (AvgIpc) is 3.38. The molecule has 0 radical (unpaired) electrons. The second-order valence-electron chi connectivity index (χ2n) is 8.36. The Balaban J connectivity index is 1.27. The Morgan fingerprint density at radius 1 is 1.00 bits per heavy atom. The van der Waals surface area contributed by atoms with Crippen LogP contribution in [0.4, 0.5) is 5.82 Å². The van der Waals surface area contributed by atoms with Crippen molar-refractivity contribution in [3.63, 3.8) is 0 Å². The topological polar surface area (TPSA) is 103 Å². The Morgan fingerprint density at radius 3 is 2.62 bits per heavy atom. The monoisotopic (exact) mass is 489 g/mol. The van der Waals surface area contributed by atoms with E-state index in [1.165, 1.54) is 0 Å². The molecule has 5 rings (SSSR count). The molecule has 0 aliphatic carbocycles. The Morgan fingerprint density at radius 2 is 1.84 bits per heavy atom. The van der Waals surface area contributed by atoms with Crippen molar-refractivity contribution in [1.29, 1.82) is 0 Å². The summed E-state index contributed by atoms with van der Waals surface area (Å²) in [5.74, 6) is 1.49. The summed E-state index contributed by atoms with van der Waals surface area (Å²) in [5, 5.41) is 3.37. The molecule has 0 aliphatic rings. The lowest BCUT2D eigenvalue weighted by molar-refractivity contribution is 0.306. The maximum Gasteiger partial charge on any atom is 0.140 e. The zero-order chi connectivity index (χ0) is 25.5. The van der Waals surface area contributed by atoms with Crippen molar-refractivity contribution in [2.24, 2.45) is 10.7 Å². The molecule has 0 spiro atoms. The minimum Gasteiger partial charge on any atom is -0.489 e. The van der Waals surface area contributed by atoms with Gasteiger partial charge in [-0.25, -0.2) is 15.0 Å². The number of anilines is 1. The van der Waals surface area contributed by atoms with Crippen LogP contribution in [0.15, 0.2) is 103 Å². The van der Waals surface area contributed by atoms with Crippen LogP contribution in [0.25, 0.3) is 22.6 Å². The van der Waals surface area contributed by atoms with Gasteiger partial charge in [0.1, 0.15) is 30.1 Å². The van der Waals surface area contributed by atoms with Gasteiger partial charge in [-0.3, -0.25) is 9.39 Å². The maximum atomic E-state index is 5.94. The van der Waals surface area contributed by atoms with E-state index in [4.69, 9.17) is 10.5 Å². The van der Waals surface area contributed by atoms with Crippen molar-refractivity contribution < 1.29 is 4.74 Å². The van der Waals surface area contributed by atoms with E-state index in [1.54, 1.807) is 25.8 Å². The van der Waals surface area contributed by atoms with Crippen molar-refractivity contribution in [3.8, 4) is 17.1 Å². The highest BCUT2D eigenvalue weighted by atomic mass is 16.5. The first-order chi connectivity index (χ1) is 18.2. The van der Waals surface area contributed by atoms with Gasteiger partial charge in [0, 0.05) is 49.9 Å². The highest BCUT2D eigenvalue weighted by molar-refractivity contribution is 6.09. The summed E-state index contributed by atoms with van der Waals surface area (Å²) in [6.07, 6.45) is 8.61. The zero-order valence-electron chi connectivity index (χ0n) is 20.5. The molecule has 0 saturated carbocycles. The van der Waals surface area contributed by atoms with E-state index < -0.39 is 0 Å². The number of hydrogen-bond acceptors (Lipinski definition) is 7. The number of hydrogen-bond donors (Lipinski definition) is 2. The number of pyridine rings is 1. The molecular formula is C29H27N7O. The Labute approximate surface area is 215 Å². The van der Waals surface area contributed by atoms with E-state index in [0.717, 1.165) is 50.9 Å². The first kappa shape index (κ1) is 23.7. The van der Waals surface area contributed by atoms with Gasteiger partial charge in [-0.2, -0.15) is 0 Å². The summed E-state index contributed by atoms with van der Waals surface area (Å²) in [4.78, 5) is 17.4. The average molecular weight is 490 g/mol. The molecule has 0 bridgehead atoms. The first-order valence-electron chi connectivity index (χ1n) is 11.9. The SMILES string of the molecule is CN=C/C(=C\N)c1ccc(CNc2cc(-c3cnc4cc(OCc5ccccc5)ccn34)ncn2)cc1. The number of aromatic nitrogens is 4. The third-order valence-corrected chi connectivity index (χ3v) is 5.87. The number of nitrogens with two attached hydrogens (primary N) is 1. The van der Waals surface area contributed by atoms with Crippen molar-refractivity contribution in [2.75, 3.05) is 12.4 Å². The maximum absolute atomic E-state index is 5.94. The summed E-state index contributed by atoms with van der Waals surface area (Å²) in [6.45, 7) is 1.13. The van der Waals surface area contributed by atoms with Crippen molar-refractivity contribution >= 4 is 23.3 Å². The summed E-state index contributed by atoms with van der Waals surface area (Å²) >= 11 is 0. The lowest BCUT2D eigenvalue weighted by Gasteiger charge is -2.09. The molecule has 0 amide bonds. The Hall–Kier alpha value is -4.98. The molecular weight excluding hydrogens is 462 g/mol. The fourth-order valence-corrected chi connectivity index (χ4v) is 3.94. The molecule has 0 atom stereocenters. The van der Waals surface area contributed by atoms with E-state index in [0.29, 0.717) is 13.2 Å². The van der Waals surface area contributed by atoms with Gasteiger partial charge in [0.25, 0.3) is 0 Å². The third-order valence-electron chi connectivity index (χ3n) is 5.87. The molecule has 0 unspecified atom stereocenters. The second kappa shape index (κ2) is 11.2. The molecule has 3 N–H and O–H groups in total. The molecule has 3 heterocycles. The minimum atomic E-state index is 0.506. The predicted octanol–water partition coefficient (Wildman–Crippen LogP) is 4.98. The smallest absolute Gasteiger partial charge is 0.140 e. The van der Waals surface area contributed by atoms with Crippen molar-refractivity contribution in [1.82, 2.24) is 19.4 Å². The van der Waals surface area contributed by atoms with Gasteiger partial charge in [-0.1, -0.05) is 54.6 Å². The summed E-state index contributed by atoms with van der Waals surface area (Å²) in [7, 11) is 1.73. The number of benzene rings is 2. The van der Waals surface area contributed by atoms with Crippen LogP contribution in [0, 0.1) is 0 Å². The fraction of sp³-hybridized carbons (Fsp3) is 0.103. The number of aliphatic imine (C=N–C) groups is 1. The van der Waals surface area contributed by atoms with Crippen LogP contribution in [-0.4, -0.2) is 32.6 Å². The molecule has 8 heteroatoms. The van der Waals surface area contributed by atoms with Crippen LogP contribution < -0.4 is 15.8 Å². The Kier molecular flexibility index (Phi) is 7.17. The van der Waals surface area contributed by atoms with Crippen LogP contribution in [-0.2, 0) is 13.2 Å². The zero-order valence-corrected chi connectivity index (χ0v) is 20.5. The van der Waals surface area contributed by atoms with Gasteiger partial charge < -0.3 is 15.8 Å². The standard InChI is InChI=1S/C29H27N7O/c1-31-17-24(15-30)23-9-7-21(8-10-23)16-32-28-14-26(34-20-35-28)27-18-33-29-13-25(11-12-36(27)29)37-19-22-5-3-2-4-6-22/h2-15,17-18,20H,16,19,30H2,1H3,(H,32,34,35)/b24-15+,31-17?. The molecule has 8 nitrogen and oxygen atoms in total. The highest BCUT2D eigenvalue weighted by Gasteiger charge is 2.10. The number of rotatable bonds is 9. The molecule has 0 fully saturated rings. The quantitative estimate of drug-likeness (QED) is 0.283. The lowest BCUT2D eigenvalue weighted by Crippen LogP contribution is -2.03. The van der Waals surface area contributed by atoms with Crippen LogP contribution in [0.1, 0.15) is 16.7 Å². The first-order valence-corrected chi connectivity index (χ1v) is 11.9. The van der Waals surface area contributed by atoms with E-state index in [2.05, 4.69) is 37.4 Å². The molecule has 0 aliphatic heterocycles. The number of imidazole rings is 1. The van der Waals surface area contributed by atoms with Crippen LogP contribution in [0.5, 0.6) is 5.75 Å². The van der Waals surface area contributed by atoms with E-state index in [-0.39, 0.29) is 0 Å². The van der Waals surface area contributed by atoms with Crippen molar-refractivity contribution in [2.45, 2.75) is 13.2 Å². The number of fused-ring (bicyclic) bond motifs is 1. The normalized spacial score (nSPS) is 11.8. The number of nitrogens with one attached hydrogen (secondary N) is 1. The highest BCUT2D eigenvalue weighted by Crippen LogP contribution is 2.24. The largest absolute Gasteiger partial charge is 0.489 e.